The van der Waals surface area contributed by atoms with Crippen molar-refractivity contribution in [2.45, 2.75) is 38.6 Å². The van der Waals surface area contributed by atoms with Crippen LogP contribution in [0.2, 0.25) is 0 Å². The summed E-state index contributed by atoms with van der Waals surface area (Å²) in [5, 5.41) is 0. The van der Waals surface area contributed by atoms with Crippen LogP contribution in [0.1, 0.15) is 41.3 Å². The predicted molar refractivity (Wildman–Crippen MR) is 73.6 cm³/mol. The molecule has 2 N–H and O–H groups in total. The molecule has 0 spiro atoms. The lowest BCUT2D eigenvalue weighted by Gasteiger charge is -2.20. The lowest BCUT2D eigenvalue weighted by molar-refractivity contribution is 0.0598. The molecule has 4 nitrogen and oxygen atoms in total. The second-order valence-corrected chi connectivity index (χ2v) is 5.10. The fourth-order valence-corrected chi connectivity index (χ4v) is 2.44. The van der Waals surface area contributed by atoms with Gasteiger partial charge in [-0.15, -0.1) is 0 Å². The molecule has 1 atom stereocenters. The predicted octanol–water partition coefficient (Wildman–Crippen LogP) is 2.08. The highest BCUT2D eigenvalue weighted by molar-refractivity contribution is 5.92. The van der Waals surface area contributed by atoms with Crippen molar-refractivity contribution in [3.8, 4) is 5.75 Å². The Balaban J connectivity index is 2.33. The lowest BCUT2D eigenvalue weighted by atomic mass is 9.88. The first kappa shape index (κ1) is 13.9. The van der Waals surface area contributed by atoms with Gasteiger partial charge in [-0.25, -0.2) is 4.79 Å². The molecule has 0 aliphatic heterocycles. The second-order valence-electron chi connectivity index (χ2n) is 5.10. The number of hydrogen-bond acceptors (Lipinski definition) is 4. The summed E-state index contributed by atoms with van der Waals surface area (Å²) in [5.41, 5.74) is 8.64. The van der Waals surface area contributed by atoms with E-state index in [0.29, 0.717) is 17.9 Å². The first-order valence-corrected chi connectivity index (χ1v) is 6.74. The first-order chi connectivity index (χ1) is 9.11. The minimum absolute atomic E-state index is 0.0300. The minimum Gasteiger partial charge on any atom is -0.492 e. The quantitative estimate of drug-likeness (QED) is 0.845. The van der Waals surface area contributed by atoms with Crippen molar-refractivity contribution in [2.24, 2.45) is 5.73 Å². The fourth-order valence-electron chi connectivity index (χ4n) is 2.44. The van der Waals surface area contributed by atoms with Crippen LogP contribution in [0, 0.1) is 0 Å². The molecule has 104 valence electrons. The summed E-state index contributed by atoms with van der Waals surface area (Å²) in [7, 11) is 1.41. The lowest BCUT2D eigenvalue weighted by Crippen LogP contribution is -2.24. The molecule has 4 heteroatoms. The van der Waals surface area contributed by atoms with E-state index in [0.717, 1.165) is 31.2 Å². The zero-order valence-corrected chi connectivity index (χ0v) is 11.6. The van der Waals surface area contributed by atoms with E-state index in [1.165, 1.54) is 12.7 Å². The van der Waals surface area contributed by atoms with Gasteiger partial charge in [0.15, 0.2) is 0 Å². The Labute approximate surface area is 113 Å². The summed E-state index contributed by atoms with van der Waals surface area (Å²) < 4.78 is 10.5. The highest BCUT2D eigenvalue weighted by atomic mass is 16.5. The number of aryl methyl sites for hydroxylation is 1. The summed E-state index contributed by atoms with van der Waals surface area (Å²) in [6.45, 7) is 2.33. The molecule has 1 aliphatic rings. The zero-order chi connectivity index (χ0) is 13.8. The van der Waals surface area contributed by atoms with E-state index in [4.69, 9.17) is 15.2 Å². The van der Waals surface area contributed by atoms with Crippen LogP contribution in [0.3, 0.4) is 0 Å². The molecular weight excluding hydrogens is 242 g/mol. The van der Waals surface area contributed by atoms with E-state index < -0.39 is 0 Å². The molecule has 1 aliphatic carbocycles. The number of hydrogen-bond donors (Lipinski definition) is 1. The highest BCUT2D eigenvalue weighted by Crippen LogP contribution is 2.29. The van der Waals surface area contributed by atoms with Crippen molar-refractivity contribution in [2.75, 3.05) is 13.7 Å². The van der Waals surface area contributed by atoms with Gasteiger partial charge in [0, 0.05) is 6.04 Å². The van der Waals surface area contributed by atoms with Crippen LogP contribution in [-0.2, 0) is 17.6 Å². The van der Waals surface area contributed by atoms with Crippen LogP contribution in [0.4, 0.5) is 0 Å². The van der Waals surface area contributed by atoms with E-state index in [9.17, 15) is 4.79 Å². The number of ether oxygens (including phenoxy) is 2. The monoisotopic (exact) mass is 263 g/mol. The van der Waals surface area contributed by atoms with Gasteiger partial charge in [0.25, 0.3) is 0 Å². The molecule has 0 saturated heterocycles. The Morgan fingerprint density at radius 1 is 1.37 bits per heavy atom. The highest BCUT2D eigenvalue weighted by Gasteiger charge is 2.20. The molecule has 0 heterocycles. The minimum atomic E-state index is -0.288. The van der Waals surface area contributed by atoms with Gasteiger partial charge in [0.05, 0.1) is 12.7 Å². The smallest absolute Gasteiger partial charge is 0.338 e. The zero-order valence-electron chi connectivity index (χ0n) is 11.6. The Kier molecular flexibility index (Phi) is 4.43. The molecule has 0 aromatic heterocycles. The Hall–Kier alpha value is -1.55. The Morgan fingerprint density at radius 2 is 2.11 bits per heavy atom. The largest absolute Gasteiger partial charge is 0.492 e. The van der Waals surface area contributed by atoms with E-state index in [1.807, 2.05) is 13.0 Å². The van der Waals surface area contributed by atoms with Gasteiger partial charge in [-0.05, 0) is 55.9 Å². The number of fused-ring (bicyclic) bond motifs is 1. The second kappa shape index (κ2) is 6.06. The van der Waals surface area contributed by atoms with E-state index in [-0.39, 0.29) is 12.0 Å². The third-order valence-electron chi connectivity index (χ3n) is 3.36. The van der Waals surface area contributed by atoms with Gasteiger partial charge >= 0.3 is 5.97 Å². The number of benzene rings is 1. The summed E-state index contributed by atoms with van der Waals surface area (Å²) in [6.07, 6.45) is 4.21. The van der Waals surface area contributed by atoms with Gasteiger partial charge in [0.2, 0.25) is 0 Å². The summed E-state index contributed by atoms with van der Waals surface area (Å²) in [6, 6.07) is 3.78. The number of esters is 1. The maximum absolute atomic E-state index is 11.9. The third-order valence-corrected chi connectivity index (χ3v) is 3.36. The molecule has 19 heavy (non-hydrogen) atoms. The van der Waals surface area contributed by atoms with E-state index >= 15 is 0 Å². The topological polar surface area (TPSA) is 61.5 Å². The van der Waals surface area contributed by atoms with E-state index in [1.54, 1.807) is 6.07 Å². The maximum atomic E-state index is 11.9. The van der Waals surface area contributed by atoms with Gasteiger partial charge in [-0.2, -0.15) is 0 Å². The van der Waals surface area contributed by atoms with Crippen LogP contribution in [0.25, 0.3) is 0 Å². The third kappa shape index (κ3) is 3.26. The van der Waals surface area contributed by atoms with Crippen LogP contribution in [0.5, 0.6) is 5.75 Å². The average molecular weight is 263 g/mol. The van der Waals surface area contributed by atoms with Crippen LogP contribution in [-0.4, -0.2) is 25.7 Å². The molecule has 0 saturated carbocycles. The molecule has 0 radical (unpaired) electrons. The molecule has 0 unspecified atom stereocenters. The number of methoxy groups -OCH3 is 1. The number of rotatable bonds is 4. The van der Waals surface area contributed by atoms with Crippen molar-refractivity contribution in [1.82, 2.24) is 0 Å². The molecule has 1 aromatic rings. The average Bonchev–Trinajstić information content (AvgIpc) is 2.43. The van der Waals surface area contributed by atoms with Crippen molar-refractivity contribution in [3.63, 3.8) is 0 Å². The van der Waals surface area contributed by atoms with Crippen molar-refractivity contribution in [1.29, 1.82) is 0 Å². The normalized spacial score (nSPS) is 15.5. The first-order valence-electron chi connectivity index (χ1n) is 6.74. The van der Waals surface area contributed by atoms with Gasteiger partial charge in [0.1, 0.15) is 12.4 Å². The Bertz CT molecular complexity index is 469. The SMILES string of the molecule is COC(=O)c1cc(OC[C@H](C)N)cc2c1CCCC2. The fraction of sp³-hybridized carbons (Fsp3) is 0.533. The van der Waals surface area contributed by atoms with Crippen LogP contribution >= 0.6 is 0 Å². The number of carbonyl (C=O) groups excluding carboxylic acids is 1. The molecule has 1 aromatic carbocycles. The van der Waals surface area contributed by atoms with Gasteiger partial charge in [-0.3, -0.25) is 0 Å². The Morgan fingerprint density at radius 3 is 2.79 bits per heavy atom. The number of carbonyl (C=O) groups is 1. The summed E-state index contributed by atoms with van der Waals surface area (Å²) in [4.78, 5) is 11.9. The van der Waals surface area contributed by atoms with Crippen molar-refractivity contribution in [3.05, 3.63) is 28.8 Å². The summed E-state index contributed by atoms with van der Waals surface area (Å²) in [5.74, 6) is 0.419. The molecule has 0 bridgehead atoms. The van der Waals surface area contributed by atoms with Gasteiger partial charge in [-0.1, -0.05) is 0 Å². The molecule has 2 rings (SSSR count). The van der Waals surface area contributed by atoms with Crippen LogP contribution in [0.15, 0.2) is 12.1 Å². The molecule has 0 amide bonds. The standard InChI is InChI=1S/C15H21NO3/c1-10(16)9-19-12-7-11-5-3-4-6-13(11)14(8-12)15(17)18-2/h7-8,10H,3-6,9,16H2,1-2H3/t10-/m0/s1. The van der Waals surface area contributed by atoms with Gasteiger partial charge < -0.3 is 15.2 Å². The van der Waals surface area contributed by atoms with E-state index in [2.05, 4.69) is 0 Å². The van der Waals surface area contributed by atoms with Crippen molar-refractivity contribution >= 4 is 5.97 Å². The molecular formula is C15H21NO3. The maximum Gasteiger partial charge on any atom is 0.338 e. The number of nitrogens with two attached hydrogens (primary N) is 1. The van der Waals surface area contributed by atoms with Crippen molar-refractivity contribution < 1.29 is 14.3 Å². The summed E-state index contributed by atoms with van der Waals surface area (Å²) >= 11 is 0. The van der Waals surface area contributed by atoms with Crippen LogP contribution < -0.4 is 10.5 Å². The molecule has 0 fully saturated rings.